The first-order valence-electron chi connectivity index (χ1n) is 11.0. The maximum absolute atomic E-state index is 14.9. The van der Waals surface area contributed by atoms with Gasteiger partial charge in [-0.15, -0.1) is 11.6 Å². The Morgan fingerprint density at radius 2 is 1.97 bits per heavy atom. The summed E-state index contributed by atoms with van der Waals surface area (Å²) in [7, 11) is 0. The van der Waals surface area contributed by atoms with Crippen LogP contribution in [0, 0.1) is 5.92 Å². The molecule has 0 aliphatic heterocycles. The second-order valence-corrected chi connectivity index (χ2v) is 9.50. The molecule has 30 heavy (non-hydrogen) atoms. The molecule has 2 fully saturated rings. The van der Waals surface area contributed by atoms with Crippen LogP contribution in [0.2, 0.25) is 0 Å². The van der Waals surface area contributed by atoms with Gasteiger partial charge in [-0.1, -0.05) is 19.1 Å². The lowest BCUT2D eigenvalue weighted by molar-refractivity contribution is -0.131. The highest BCUT2D eigenvalue weighted by Gasteiger charge is 2.44. The number of rotatable bonds is 6. The summed E-state index contributed by atoms with van der Waals surface area (Å²) < 4.78 is 14.9. The fraction of sp³-hybridized carbons (Fsp3) is 0.583. The molecule has 1 aromatic heterocycles. The van der Waals surface area contributed by atoms with Crippen molar-refractivity contribution in [3.8, 4) is 0 Å². The number of hydrogen-bond donors (Lipinski definition) is 1. The SMILES string of the molecule is CC1C(F)=C(C(=O)N(C2CC2)C2CCC(CCO)(c3ccccn3)CC2)C=CC1Cl. The minimum atomic E-state index is -0.482. The molecule has 1 aromatic rings. The topological polar surface area (TPSA) is 53.4 Å². The van der Waals surface area contributed by atoms with E-state index in [4.69, 9.17) is 11.6 Å². The summed E-state index contributed by atoms with van der Waals surface area (Å²) in [6.45, 7) is 1.84. The number of allylic oxidation sites excluding steroid dienone is 2. The Hall–Kier alpha value is -1.72. The Balaban J connectivity index is 1.53. The molecule has 2 atom stereocenters. The number of carbonyl (C=O) groups is 1. The number of aliphatic hydroxyl groups excluding tert-OH is 1. The van der Waals surface area contributed by atoms with E-state index in [2.05, 4.69) is 4.98 Å². The molecule has 2 saturated carbocycles. The van der Waals surface area contributed by atoms with Gasteiger partial charge in [0.25, 0.3) is 5.91 Å². The third-order valence-electron chi connectivity index (χ3n) is 7.09. The maximum Gasteiger partial charge on any atom is 0.256 e. The van der Waals surface area contributed by atoms with Crippen LogP contribution in [0.25, 0.3) is 0 Å². The van der Waals surface area contributed by atoms with Crippen molar-refractivity contribution in [3.63, 3.8) is 0 Å². The van der Waals surface area contributed by atoms with Crippen molar-refractivity contribution >= 4 is 17.5 Å². The second-order valence-electron chi connectivity index (χ2n) is 9.00. The van der Waals surface area contributed by atoms with E-state index in [-0.39, 0.29) is 35.6 Å². The van der Waals surface area contributed by atoms with Gasteiger partial charge in [0.2, 0.25) is 0 Å². The molecule has 4 nitrogen and oxygen atoms in total. The number of halogens is 2. The Morgan fingerprint density at radius 1 is 1.27 bits per heavy atom. The minimum Gasteiger partial charge on any atom is -0.396 e. The Morgan fingerprint density at radius 3 is 2.57 bits per heavy atom. The van der Waals surface area contributed by atoms with Crippen LogP contribution in [0.1, 0.15) is 57.6 Å². The molecule has 0 saturated heterocycles. The zero-order valence-corrected chi connectivity index (χ0v) is 18.2. The van der Waals surface area contributed by atoms with Gasteiger partial charge >= 0.3 is 0 Å². The molecule has 162 valence electrons. The third kappa shape index (κ3) is 4.06. The van der Waals surface area contributed by atoms with E-state index in [1.807, 2.05) is 23.1 Å². The molecular weight excluding hydrogens is 403 g/mol. The van der Waals surface area contributed by atoms with Crippen molar-refractivity contribution in [1.29, 1.82) is 0 Å². The van der Waals surface area contributed by atoms with E-state index in [0.717, 1.165) is 44.2 Å². The van der Waals surface area contributed by atoms with E-state index in [0.29, 0.717) is 6.42 Å². The molecule has 3 aliphatic rings. The lowest BCUT2D eigenvalue weighted by atomic mass is 9.68. The largest absolute Gasteiger partial charge is 0.396 e. The second kappa shape index (κ2) is 8.80. The summed E-state index contributed by atoms with van der Waals surface area (Å²) in [4.78, 5) is 19.9. The van der Waals surface area contributed by atoms with Crippen molar-refractivity contribution in [1.82, 2.24) is 9.88 Å². The molecule has 4 rings (SSSR count). The highest BCUT2D eigenvalue weighted by Crippen LogP contribution is 2.45. The first-order chi connectivity index (χ1) is 14.5. The van der Waals surface area contributed by atoms with Crippen LogP contribution < -0.4 is 0 Å². The fourth-order valence-corrected chi connectivity index (χ4v) is 5.26. The van der Waals surface area contributed by atoms with Crippen LogP contribution in [-0.2, 0) is 10.2 Å². The number of hydrogen-bond acceptors (Lipinski definition) is 3. The number of carbonyl (C=O) groups excluding carboxylic acids is 1. The van der Waals surface area contributed by atoms with Crippen LogP contribution in [-0.4, -0.2) is 45.0 Å². The lowest BCUT2D eigenvalue weighted by Gasteiger charge is -2.43. The molecule has 0 radical (unpaired) electrons. The van der Waals surface area contributed by atoms with Crippen molar-refractivity contribution in [2.45, 2.75) is 74.7 Å². The van der Waals surface area contributed by atoms with Gasteiger partial charge in [0.1, 0.15) is 5.83 Å². The summed E-state index contributed by atoms with van der Waals surface area (Å²) in [5.41, 5.74) is 1.04. The molecular formula is C24H30ClFN2O2. The molecule has 1 amide bonds. The molecule has 0 spiro atoms. The maximum atomic E-state index is 14.9. The Bertz CT molecular complexity index is 829. The van der Waals surface area contributed by atoms with Crippen molar-refractivity contribution in [2.24, 2.45) is 5.92 Å². The van der Waals surface area contributed by atoms with Crippen molar-refractivity contribution in [2.75, 3.05) is 6.61 Å². The summed E-state index contributed by atoms with van der Waals surface area (Å²) >= 11 is 6.14. The van der Waals surface area contributed by atoms with E-state index in [1.165, 1.54) is 0 Å². The van der Waals surface area contributed by atoms with E-state index in [9.17, 15) is 14.3 Å². The van der Waals surface area contributed by atoms with Crippen LogP contribution in [0.15, 0.2) is 47.9 Å². The van der Waals surface area contributed by atoms with Gasteiger partial charge < -0.3 is 10.0 Å². The third-order valence-corrected chi connectivity index (χ3v) is 7.61. The predicted octanol–water partition coefficient (Wildman–Crippen LogP) is 4.67. The van der Waals surface area contributed by atoms with Gasteiger partial charge in [0, 0.05) is 41.9 Å². The zero-order valence-electron chi connectivity index (χ0n) is 17.4. The summed E-state index contributed by atoms with van der Waals surface area (Å²) in [5, 5.41) is 9.28. The van der Waals surface area contributed by atoms with Gasteiger partial charge in [-0.25, -0.2) is 4.39 Å². The molecule has 3 aliphatic carbocycles. The number of nitrogens with zero attached hydrogens (tertiary/aromatic N) is 2. The fourth-order valence-electron chi connectivity index (χ4n) is 5.07. The van der Waals surface area contributed by atoms with Gasteiger partial charge in [0.15, 0.2) is 0 Å². The summed E-state index contributed by atoms with van der Waals surface area (Å²) in [6.07, 6.45) is 11.1. The van der Waals surface area contributed by atoms with Gasteiger partial charge in [-0.05, 0) is 63.2 Å². The number of aliphatic hydroxyl groups is 1. The van der Waals surface area contributed by atoms with E-state index < -0.39 is 17.1 Å². The van der Waals surface area contributed by atoms with E-state index in [1.54, 1.807) is 25.3 Å². The van der Waals surface area contributed by atoms with Crippen molar-refractivity contribution in [3.05, 3.63) is 53.6 Å². The first kappa shape index (κ1) is 21.5. The molecule has 2 unspecified atom stereocenters. The van der Waals surface area contributed by atoms with Crippen LogP contribution in [0.3, 0.4) is 0 Å². The lowest BCUT2D eigenvalue weighted by Crippen LogP contribution is -2.47. The highest BCUT2D eigenvalue weighted by molar-refractivity contribution is 6.22. The first-order valence-corrected chi connectivity index (χ1v) is 11.5. The number of pyridine rings is 1. The Kier molecular flexibility index (Phi) is 6.31. The number of alkyl halides is 1. The van der Waals surface area contributed by atoms with Gasteiger partial charge in [-0.2, -0.15) is 0 Å². The molecule has 0 aromatic carbocycles. The van der Waals surface area contributed by atoms with Crippen LogP contribution in [0.5, 0.6) is 0 Å². The summed E-state index contributed by atoms with van der Waals surface area (Å²) in [6, 6.07) is 6.24. The Labute approximate surface area is 182 Å². The quantitative estimate of drug-likeness (QED) is 0.664. The standard InChI is InChI=1S/C24H30ClFN2O2/c1-16-20(25)8-7-19(22(16)26)23(30)28(17-5-6-17)18-9-11-24(12-10-18,13-15-29)21-4-2-3-14-27-21/h2-4,7-8,14,16-18,20,29H,5-6,9-13,15H2,1H3. The van der Waals surface area contributed by atoms with Gasteiger partial charge in [-0.3, -0.25) is 9.78 Å². The average Bonchev–Trinajstić information content (AvgIpc) is 3.59. The average molecular weight is 433 g/mol. The van der Waals surface area contributed by atoms with Crippen LogP contribution >= 0.6 is 11.6 Å². The predicted molar refractivity (Wildman–Crippen MR) is 116 cm³/mol. The minimum absolute atomic E-state index is 0.0956. The normalized spacial score (nSPS) is 31.7. The number of aromatic nitrogens is 1. The van der Waals surface area contributed by atoms with Crippen molar-refractivity contribution < 1.29 is 14.3 Å². The molecule has 1 N–H and O–H groups in total. The summed E-state index contributed by atoms with van der Waals surface area (Å²) in [5.74, 6) is -1.07. The number of amides is 1. The highest BCUT2D eigenvalue weighted by atomic mass is 35.5. The molecule has 6 heteroatoms. The van der Waals surface area contributed by atoms with Gasteiger partial charge in [0.05, 0.1) is 11.0 Å². The smallest absolute Gasteiger partial charge is 0.256 e. The van der Waals surface area contributed by atoms with E-state index >= 15 is 0 Å². The monoisotopic (exact) mass is 432 g/mol. The molecule has 0 bridgehead atoms. The van der Waals surface area contributed by atoms with Crippen LogP contribution in [0.4, 0.5) is 4.39 Å². The zero-order chi connectivity index (χ0) is 21.3. The molecule has 1 heterocycles.